The second kappa shape index (κ2) is 8.26. The number of nitrogens with zero attached hydrogens (tertiary/aromatic N) is 1. The van der Waals surface area contributed by atoms with Gasteiger partial charge in [0.25, 0.3) is 0 Å². The lowest BCUT2D eigenvalue weighted by molar-refractivity contribution is 0.0645. The summed E-state index contributed by atoms with van der Waals surface area (Å²) in [5.41, 5.74) is 5.96. The molecule has 0 aromatic heterocycles. The summed E-state index contributed by atoms with van der Waals surface area (Å²) in [4.78, 5) is 2.90. The molecule has 1 atom stereocenters. The third-order valence-electron chi connectivity index (χ3n) is 5.47. The molecule has 2 saturated carbocycles. The highest BCUT2D eigenvalue weighted by Gasteiger charge is 2.29. The lowest BCUT2D eigenvalue weighted by Crippen LogP contribution is -2.48. The van der Waals surface area contributed by atoms with Gasteiger partial charge in [-0.05, 0) is 38.1 Å². The van der Waals surface area contributed by atoms with Crippen molar-refractivity contribution < 1.29 is 0 Å². The fraction of sp³-hybridized carbons (Fsp3) is 1.00. The molecule has 1 unspecified atom stereocenters. The van der Waals surface area contributed by atoms with E-state index in [0.29, 0.717) is 5.92 Å². The smallest absolute Gasteiger partial charge is 0.00983 e. The van der Waals surface area contributed by atoms with Crippen LogP contribution >= 0.6 is 0 Å². The molecular formula is C17H34N2. The lowest BCUT2D eigenvalue weighted by atomic mass is 9.87. The van der Waals surface area contributed by atoms with E-state index in [1.54, 1.807) is 0 Å². The quantitative estimate of drug-likeness (QED) is 0.789. The van der Waals surface area contributed by atoms with E-state index in [1.165, 1.54) is 77.2 Å². The van der Waals surface area contributed by atoms with E-state index < -0.39 is 0 Å². The summed E-state index contributed by atoms with van der Waals surface area (Å²) in [6.45, 7) is 4.44. The molecule has 0 aliphatic heterocycles. The van der Waals surface area contributed by atoms with Gasteiger partial charge in [0, 0.05) is 18.6 Å². The Balaban J connectivity index is 1.97. The minimum absolute atomic E-state index is 0.712. The van der Waals surface area contributed by atoms with Gasteiger partial charge in [-0.2, -0.15) is 0 Å². The van der Waals surface area contributed by atoms with E-state index in [0.717, 1.165) is 18.6 Å². The highest BCUT2D eigenvalue weighted by molar-refractivity contribution is 4.85. The Hall–Kier alpha value is -0.0800. The Morgan fingerprint density at radius 2 is 1.37 bits per heavy atom. The molecule has 19 heavy (non-hydrogen) atoms. The van der Waals surface area contributed by atoms with Gasteiger partial charge in [-0.15, -0.1) is 0 Å². The largest absolute Gasteiger partial charge is 0.330 e. The van der Waals surface area contributed by atoms with Crippen LogP contribution in [0.3, 0.4) is 0 Å². The predicted molar refractivity (Wildman–Crippen MR) is 83.3 cm³/mol. The molecule has 0 aromatic rings. The van der Waals surface area contributed by atoms with Crippen LogP contribution in [-0.2, 0) is 0 Å². The Labute approximate surface area is 120 Å². The van der Waals surface area contributed by atoms with Crippen molar-refractivity contribution in [3.8, 4) is 0 Å². The van der Waals surface area contributed by atoms with Gasteiger partial charge in [0.2, 0.25) is 0 Å². The second-order valence-electron chi connectivity index (χ2n) is 6.79. The molecule has 0 amide bonds. The van der Waals surface area contributed by atoms with Gasteiger partial charge in [-0.25, -0.2) is 0 Å². The maximum atomic E-state index is 5.96. The highest BCUT2D eigenvalue weighted by atomic mass is 15.2. The molecule has 0 saturated heterocycles. The summed E-state index contributed by atoms with van der Waals surface area (Å²) in [5.74, 6) is 0.712. The van der Waals surface area contributed by atoms with Crippen LogP contribution in [0, 0.1) is 5.92 Å². The van der Waals surface area contributed by atoms with Gasteiger partial charge in [0.05, 0.1) is 0 Å². The third kappa shape index (κ3) is 4.46. The molecule has 0 heterocycles. The molecule has 112 valence electrons. The zero-order chi connectivity index (χ0) is 13.5. The first-order valence-corrected chi connectivity index (χ1v) is 8.81. The van der Waals surface area contributed by atoms with E-state index in [2.05, 4.69) is 11.8 Å². The van der Waals surface area contributed by atoms with Crippen LogP contribution in [-0.4, -0.2) is 30.1 Å². The lowest BCUT2D eigenvalue weighted by Gasteiger charge is -2.43. The molecule has 0 radical (unpaired) electrons. The Kier molecular flexibility index (Phi) is 6.66. The maximum absolute atomic E-state index is 5.96. The van der Waals surface area contributed by atoms with Gasteiger partial charge < -0.3 is 5.73 Å². The molecule has 2 heteroatoms. The highest BCUT2D eigenvalue weighted by Crippen LogP contribution is 2.31. The summed E-state index contributed by atoms with van der Waals surface area (Å²) in [5, 5.41) is 0. The molecule has 2 rings (SSSR count). The van der Waals surface area contributed by atoms with Crippen molar-refractivity contribution in [3.63, 3.8) is 0 Å². The first kappa shape index (κ1) is 15.3. The van der Waals surface area contributed by atoms with Crippen molar-refractivity contribution in [3.05, 3.63) is 0 Å². The Bertz CT molecular complexity index is 207. The van der Waals surface area contributed by atoms with Crippen molar-refractivity contribution in [2.45, 2.75) is 89.6 Å². The zero-order valence-corrected chi connectivity index (χ0v) is 12.9. The van der Waals surface area contributed by atoms with E-state index in [9.17, 15) is 0 Å². The molecule has 0 aromatic carbocycles. The van der Waals surface area contributed by atoms with Crippen molar-refractivity contribution in [2.75, 3.05) is 13.1 Å². The van der Waals surface area contributed by atoms with Gasteiger partial charge in [-0.3, -0.25) is 4.90 Å². The summed E-state index contributed by atoms with van der Waals surface area (Å²) in [6.07, 6.45) is 15.7. The minimum Gasteiger partial charge on any atom is -0.330 e. The molecule has 2 fully saturated rings. The summed E-state index contributed by atoms with van der Waals surface area (Å²) >= 11 is 0. The minimum atomic E-state index is 0.712. The van der Waals surface area contributed by atoms with Crippen LogP contribution in [0.5, 0.6) is 0 Å². The molecule has 2 aliphatic rings. The second-order valence-corrected chi connectivity index (χ2v) is 6.79. The first-order valence-electron chi connectivity index (χ1n) is 8.81. The van der Waals surface area contributed by atoms with Gasteiger partial charge in [0.15, 0.2) is 0 Å². The molecule has 2 N–H and O–H groups in total. The van der Waals surface area contributed by atoms with Crippen molar-refractivity contribution in [2.24, 2.45) is 11.7 Å². The Morgan fingerprint density at radius 3 is 1.74 bits per heavy atom. The fourth-order valence-corrected chi connectivity index (χ4v) is 4.09. The van der Waals surface area contributed by atoms with Crippen molar-refractivity contribution in [1.82, 2.24) is 4.90 Å². The number of rotatable bonds is 6. The number of nitrogens with two attached hydrogens (primary N) is 1. The van der Waals surface area contributed by atoms with Crippen LogP contribution in [0.1, 0.15) is 77.6 Å². The number of hydrogen-bond donors (Lipinski definition) is 1. The van der Waals surface area contributed by atoms with Crippen LogP contribution in [0.4, 0.5) is 0 Å². The molecule has 0 spiro atoms. The van der Waals surface area contributed by atoms with Gasteiger partial charge >= 0.3 is 0 Å². The van der Waals surface area contributed by atoms with E-state index >= 15 is 0 Å². The maximum Gasteiger partial charge on any atom is 0.00983 e. The van der Waals surface area contributed by atoms with Gasteiger partial charge in [-0.1, -0.05) is 51.9 Å². The van der Waals surface area contributed by atoms with Crippen LogP contribution < -0.4 is 5.73 Å². The van der Waals surface area contributed by atoms with Crippen molar-refractivity contribution in [1.29, 1.82) is 0 Å². The fourth-order valence-electron chi connectivity index (χ4n) is 4.09. The average molecular weight is 266 g/mol. The normalized spacial score (nSPS) is 24.8. The third-order valence-corrected chi connectivity index (χ3v) is 5.47. The van der Waals surface area contributed by atoms with E-state index in [4.69, 9.17) is 5.73 Å². The van der Waals surface area contributed by atoms with Crippen molar-refractivity contribution >= 4 is 0 Å². The van der Waals surface area contributed by atoms with E-state index in [-0.39, 0.29) is 0 Å². The standard InChI is InChI=1S/C17H34N2/c1-2-15(13-18)14-19(16-9-5-3-6-10-16)17-11-7-4-8-12-17/h15-17H,2-14,18H2,1H3. The summed E-state index contributed by atoms with van der Waals surface area (Å²) < 4.78 is 0. The van der Waals surface area contributed by atoms with Crippen LogP contribution in [0.15, 0.2) is 0 Å². The number of hydrogen-bond acceptors (Lipinski definition) is 2. The first-order chi connectivity index (χ1) is 9.35. The van der Waals surface area contributed by atoms with E-state index in [1.807, 2.05) is 0 Å². The molecular weight excluding hydrogens is 232 g/mol. The average Bonchev–Trinajstić information content (AvgIpc) is 2.50. The SMILES string of the molecule is CCC(CN)CN(C1CCCCC1)C1CCCCC1. The van der Waals surface area contributed by atoms with Crippen LogP contribution in [0.25, 0.3) is 0 Å². The zero-order valence-electron chi connectivity index (χ0n) is 12.9. The summed E-state index contributed by atoms with van der Waals surface area (Å²) in [6, 6.07) is 1.75. The molecule has 0 bridgehead atoms. The summed E-state index contributed by atoms with van der Waals surface area (Å²) in [7, 11) is 0. The topological polar surface area (TPSA) is 29.3 Å². The molecule has 2 nitrogen and oxygen atoms in total. The van der Waals surface area contributed by atoms with Gasteiger partial charge in [0.1, 0.15) is 0 Å². The molecule has 2 aliphatic carbocycles. The predicted octanol–water partition coefficient (Wildman–Crippen LogP) is 3.94. The monoisotopic (exact) mass is 266 g/mol. The Morgan fingerprint density at radius 1 is 0.895 bits per heavy atom. The van der Waals surface area contributed by atoms with Crippen LogP contribution in [0.2, 0.25) is 0 Å².